The summed E-state index contributed by atoms with van der Waals surface area (Å²) in [5, 5.41) is 0. The molecule has 0 amide bonds. The van der Waals surface area contributed by atoms with Gasteiger partial charge in [-0.3, -0.25) is 9.69 Å². The molecule has 0 bridgehead atoms. The lowest BCUT2D eigenvalue weighted by Gasteiger charge is -2.42. The Morgan fingerprint density at radius 1 is 1.40 bits per heavy atom. The van der Waals surface area contributed by atoms with Crippen molar-refractivity contribution < 1.29 is 14.3 Å². The van der Waals surface area contributed by atoms with Crippen LogP contribution in [0.3, 0.4) is 0 Å². The summed E-state index contributed by atoms with van der Waals surface area (Å²) in [6.07, 6.45) is 3.91. The van der Waals surface area contributed by atoms with Gasteiger partial charge in [0.2, 0.25) is 0 Å². The highest BCUT2D eigenvalue weighted by molar-refractivity contribution is 7.99. The van der Waals surface area contributed by atoms with Gasteiger partial charge in [0.1, 0.15) is 0 Å². The highest BCUT2D eigenvalue weighted by Gasteiger charge is 2.43. The van der Waals surface area contributed by atoms with Gasteiger partial charge >= 0.3 is 5.97 Å². The Balaban J connectivity index is 1.94. The summed E-state index contributed by atoms with van der Waals surface area (Å²) < 4.78 is 10.5. The largest absolute Gasteiger partial charge is 0.466 e. The van der Waals surface area contributed by atoms with Crippen LogP contribution in [0.2, 0.25) is 0 Å². The van der Waals surface area contributed by atoms with Crippen LogP contribution in [-0.4, -0.2) is 61.8 Å². The zero-order chi connectivity index (χ0) is 14.4. The molecule has 20 heavy (non-hydrogen) atoms. The molecule has 2 saturated heterocycles. The minimum Gasteiger partial charge on any atom is -0.466 e. The van der Waals surface area contributed by atoms with Crippen LogP contribution < -0.4 is 0 Å². The van der Waals surface area contributed by atoms with Crippen LogP contribution in [0, 0.1) is 5.41 Å². The maximum Gasteiger partial charge on any atom is 0.312 e. The number of ether oxygens (including phenoxy) is 2. The fourth-order valence-corrected chi connectivity index (χ4v) is 4.52. The molecule has 0 aliphatic carbocycles. The number of esters is 1. The number of carbonyl (C=O) groups excluding carboxylic acids is 1. The summed E-state index contributed by atoms with van der Waals surface area (Å²) >= 11 is 2.05. The van der Waals surface area contributed by atoms with E-state index in [2.05, 4.69) is 16.7 Å². The van der Waals surface area contributed by atoms with E-state index in [-0.39, 0.29) is 11.4 Å². The number of carbonyl (C=O) groups is 1. The van der Waals surface area contributed by atoms with Crippen molar-refractivity contribution in [2.24, 2.45) is 5.41 Å². The van der Waals surface area contributed by atoms with Crippen molar-refractivity contribution in [3.63, 3.8) is 0 Å². The molecule has 1 atom stereocenters. The van der Waals surface area contributed by atoms with Crippen molar-refractivity contribution in [2.45, 2.75) is 38.6 Å². The maximum absolute atomic E-state index is 12.4. The number of thioether (sulfide) groups is 1. The first-order valence-electron chi connectivity index (χ1n) is 7.70. The predicted octanol–water partition coefficient (Wildman–Crippen LogP) is 2.17. The van der Waals surface area contributed by atoms with Gasteiger partial charge in [0.05, 0.1) is 12.0 Å². The van der Waals surface area contributed by atoms with E-state index in [4.69, 9.17) is 9.47 Å². The molecule has 4 nitrogen and oxygen atoms in total. The van der Waals surface area contributed by atoms with Crippen LogP contribution in [0.25, 0.3) is 0 Å². The van der Waals surface area contributed by atoms with Crippen molar-refractivity contribution in [3.8, 4) is 0 Å². The summed E-state index contributed by atoms with van der Waals surface area (Å²) in [4.78, 5) is 14.9. The van der Waals surface area contributed by atoms with Gasteiger partial charge in [-0.2, -0.15) is 11.8 Å². The fraction of sp³-hybridized carbons (Fsp3) is 0.933. The molecule has 0 aromatic carbocycles. The molecule has 2 aliphatic heterocycles. The molecule has 2 heterocycles. The van der Waals surface area contributed by atoms with Gasteiger partial charge in [0.15, 0.2) is 0 Å². The van der Waals surface area contributed by atoms with E-state index in [1.54, 1.807) is 7.11 Å². The third-order valence-electron chi connectivity index (χ3n) is 4.67. The van der Waals surface area contributed by atoms with Gasteiger partial charge in [0.25, 0.3) is 0 Å². The molecular weight excluding hydrogens is 274 g/mol. The average Bonchev–Trinajstić information content (AvgIpc) is 3.00. The maximum atomic E-state index is 12.4. The minimum absolute atomic E-state index is 0.0162. The summed E-state index contributed by atoms with van der Waals surface area (Å²) in [5.41, 5.74) is -0.311. The summed E-state index contributed by atoms with van der Waals surface area (Å²) in [5.74, 6) is 2.52. The van der Waals surface area contributed by atoms with Crippen LogP contribution >= 0.6 is 11.8 Å². The summed E-state index contributed by atoms with van der Waals surface area (Å²) in [6.45, 7) is 5.03. The van der Waals surface area contributed by atoms with Crippen molar-refractivity contribution in [2.75, 3.05) is 44.9 Å². The molecule has 0 aromatic rings. The van der Waals surface area contributed by atoms with Gasteiger partial charge in [-0.1, -0.05) is 0 Å². The second-order valence-electron chi connectivity index (χ2n) is 5.80. The van der Waals surface area contributed by atoms with Crippen LogP contribution in [-0.2, 0) is 14.3 Å². The lowest BCUT2D eigenvalue weighted by Crippen LogP contribution is -2.49. The first kappa shape index (κ1) is 16.1. The van der Waals surface area contributed by atoms with Crippen molar-refractivity contribution in [1.82, 2.24) is 4.90 Å². The Hall–Kier alpha value is -0.260. The average molecular weight is 301 g/mol. The number of hydrogen-bond acceptors (Lipinski definition) is 5. The third kappa shape index (κ3) is 3.68. The molecule has 2 rings (SSSR count). The van der Waals surface area contributed by atoms with Crippen molar-refractivity contribution in [3.05, 3.63) is 0 Å². The zero-order valence-electron chi connectivity index (χ0n) is 12.7. The monoisotopic (exact) mass is 301 g/mol. The molecule has 5 heteroatoms. The quantitative estimate of drug-likeness (QED) is 0.703. The molecule has 116 valence electrons. The van der Waals surface area contributed by atoms with E-state index in [0.29, 0.717) is 13.2 Å². The Morgan fingerprint density at radius 2 is 2.15 bits per heavy atom. The van der Waals surface area contributed by atoms with Gasteiger partial charge in [-0.05, 0) is 51.4 Å². The Morgan fingerprint density at radius 3 is 2.70 bits per heavy atom. The highest BCUT2D eigenvalue weighted by Crippen LogP contribution is 2.38. The number of rotatable bonds is 6. The van der Waals surface area contributed by atoms with Gasteiger partial charge in [0, 0.05) is 25.5 Å². The van der Waals surface area contributed by atoms with Crippen LogP contribution in [0.5, 0.6) is 0 Å². The number of likely N-dealkylation sites (tertiary alicyclic amines) is 1. The molecule has 2 fully saturated rings. The number of hydrogen-bond donors (Lipinski definition) is 0. The third-order valence-corrected chi connectivity index (χ3v) is 5.82. The lowest BCUT2D eigenvalue weighted by atomic mass is 9.75. The molecule has 0 N–H and O–H groups in total. The predicted molar refractivity (Wildman–Crippen MR) is 82.1 cm³/mol. The van der Waals surface area contributed by atoms with E-state index >= 15 is 0 Å². The van der Waals surface area contributed by atoms with E-state index < -0.39 is 0 Å². The summed E-state index contributed by atoms with van der Waals surface area (Å²) in [7, 11) is 1.70. The van der Waals surface area contributed by atoms with E-state index in [1.165, 1.54) is 17.9 Å². The molecule has 1 unspecified atom stereocenters. The van der Waals surface area contributed by atoms with Crippen LogP contribution in [0.15, 0.2) is 0 Å². The normalized spacial score (nSPS) is 26.6. The molecule has 0 saturated carbocycles. The van der Waals surface area contributed by atoms with E-state index in [9.17, 15) is 4.79 Å². The topological polar surface area (TPSA) is 38.8 Å². The second-order valence-corrected chi connectivity index (χ2v) is 6.95. The SMILES string of the molecule is CCOC(=O)C1(CCOC)CCN(C2CCSC2)CC1. The van der Waals surface area contributed by atoms with E-state index in [1.807, 2.05) is 6.92 Å². The number of piperidine rings is 1. The van der Waals surface area contributed by atoms with Gasteiger partial charge < -0.3 is 9.47 Å². The van der Waals surface area contributed by atoms with Crippen LogP contribution in [0.4, 0.5) is 0 Å². The van der Waals surface area contributed by atoms with Gasteiger partial charge in [-0.15, -0.1) is 0 Å². The minimum atomic E-state index is -0.311. The van der Waals surface area contributed by atoms with Gasteiger partial charge in [-0.25, -0.2) is 0 Å². The number of methoxy groups -OCH3 is 1. The van der Waals surface area contributed by atoms with Crippen LogP contribution in [0.1, 0.15) is 32.6 Å². The van der Waals surface area contributed by atoms with Crippen molar-refractivity contribution in [1.29, 1.82) is 0 Å². The lowest BCUT2D eigenvalue weighted by molar-refractivity contribution is -0.160. The fourth-order valence-electron chi connectivity index (χ4n) is 3.27. The molecule has 0 spiro atoms. The van der Waals surface area contributed by atoms with Crippen molar-refractivity contribution >= 4 is 17.7 Å². The molecule has 0 aromatic heterocycles. The first-order chi connectivity index (χ1) is 9.72. The number of nitrogens with zero attached hydrogens (tertiary/aromatic N) is 1. The molecule has 0 radical (unpaired) electrons. The highest BCUT2D eigenvalue weighted by atomic mass is 32.2. The van der Waals surface area contributed by atoms with E-state index in [0.717, 1.165) is 38.4 Å². The second kappa shape index (κ2) is 7.66. The smallest absolute Gasteiger partial charge is 0.312 e. The zero-order valence-corrected chi connectivity index (χ0v) is 13.5. The Kier molecular flexibility index (Phi) is 6.18. The molecular formula is C15H27NO3S. The molecule has 2 aliphatic rings. The Bertz CT molecular complexity index is 310. The standard InChI is InChI=1S/C15H27NO3S/c1-3-19-14(17)15(7-10-18-2)5-8-16(9-6-15)13-4-11-20-12-13/h13H,3-12H2,1-2H3. The first-order valence-corrected chi connectivity index (χ1v) is 8.85. The summed E-state index contributed by atoms with van der Waals surface area (Å²) in [6, 6.07) is 0.725. The Labute approximate surface area is 126 Å².